The predicted octanol–water partition coefficient (Wildman–Crippen LogP) is 4.51. The van der Waals surface area contributed by atoms with Crippen LogP contribution in [0.4, 0.5) is 0 Å². The van der Waals surface area contributed by atoms with Crippen LogP contribution in [0.2, 0.25) is 5.02 Å². The van der Waals surface area contributed by atoms with Gasteiger partial charge in [0.1, 0.15) is 17.3 Å². The van der Waals surface area contributed by atoms with Crippen molar-refractivity contribution in [3.8, 4) is 11.5 Å². The van der Waals surface area contributed by atoms with Crippen molar-refractivity contribution in [3.05, 3.63) is 64.2 Å². The number of hydrogen-bond acceptors (Lipinski definition) is 6. The topological polar surface area (TPSA) is 79.3 Å². The molecule has 1 heterocycles. The summed E-state index contributed by atoms with van der Waals surface area (Å²) in [6.45, 7) is 5.71. The van der Waals surface area contributed by atoms with E-state index in [9.17, 15) is 14.7 Å². The molecule has 1 N–H and O–H groups in total. The Morgan fingerprint density at radius 3 is 2.50 bits per heavy atom. The van der Waals surface area contributed by atoms with Crippen LogP contribution in [-0.2, 0) is 9.59 Å². The molecule has 8 heteroatoms. The number of aliphatic hydroxyl groups excluding tert-OH is 1. The zero-order chi connectivity index (χ0) is 24.8. The standard InChI is InChI=1S/C26H31ClN2O5/c1-5-33-19-10-7-9-17(15-19)23-22(25(31)26(32)29(23)14-8-13-28(3)4)24(30)18-11-12-20(27)21(16-18)34-6-2/h7,9-12,15-16,23,30H,5-6,8,13-14H2,1-4H3/b24-22-. The van der Waals surface area contributed by atoms with Crippen molar-refractivity contribution in [2.24, 2.45) is 0 Å². The second-order valence-electron chi connectivity index (χ2n) is 8.23. The lowest BCUT2D eigenvalue weighted by molar-refractivity contribution is -0.139. The second kappa shape index (κ2) is 11.4. The molecule has 0 spiro atoms. The molecular weight excluding hydrogens is 456 g/mol. The van der Waals surface area contributed by atoms with E-state index in [1.807, 2.05) is 51.0 Å². The van der Waals surface area contributed by atoms with Gasteiger partial charge >= 0.3 is 0 Å². The zero-order valence-corrected chi connectivity index (χ0v) is 20.8. The molecule has 2 aromatic rings. The van der Waals surface area contributed by atoms with Crippen LogP contribution in [0.3, 0.4) is 0 Å². The molecule has 1 aliphatic heterocycles. The van der Waals surface area contributed by atoms with Crippen LogP contribution >= 0.6 is 11.6 Å². The number of aliphatic hydroxyl groups is 1. The van der Waals surface area contributed by atoms with E-state index in [0.29, 0.717) is 53.8 Å². The van der Waals surface area contributed by atoms with Crippen molar-refractivity contribution < 1.29 is 24.2 Å². The Morgan fingerprint density at radius 1 is 1.09 bits per heavy atom. The van der Waals surface area contributed by atoms with Crippen LogP contribution in [-0.4, -0.2) is 67.0 Å². The van der Waals surface area contributed by atoms with E-state index in [4.69, 9.17) is 21.1 Å². The summed E-state index contributed by atoms with van der Waals surface area (Å²) < 4.78 is 11.2. The van der Waals surface area contributed by atoms with E-state index in [0.717, 1.165) is 6.54 Å². The summed E-state index contributed by atoms with van der Waals surface area (Å²) in [6, 6.07) is 11.3. The Balaban J connectivity index is 2.12. The number of likely N-dealkylation sites (tertiary alicyclic amines) is 1. The van der Waals surface area contributed by atoms with Crippen LogP contribution in [0.15, 0.2) is 48.0 Å². The molecule has 1 aliphatic rings. The van der Waals surface area contributed by atoms with Gasteiger partial charge in [-0.1, -0.05) is 23.7 Å². The molecule has 1 unspecified atom stereocenters. The summed E-state index contributed by atoms with van der Waals surface area (Å²) in [5.74, 6) is -0.599. The number of carbonyl (C=O) groups excluding carboxylic acids is 2. The minimum Gasteiger partial charge on any atom is -0.507 e. The minimum atomic E-state index is -0.742. The summed E-state index contributed by atoms with van der Waals surface area (Å²) in [5.41, 5.74) is 1.08. The van der Waals surface area contributed by atoms with Gasteiger partial charge in [0.2, 0.25) is 0 Å². The fraction of sp³-hybridized carbons (Fsp3) is 0.385. The van der Waals surface area contributed by atoms with Gasteiger partial charge in [0.15, 0.2) is 0 Å². The molecule has 0 saturated carbocycles. The van der Waals surface area contributed by atoms with Crippen molar-refractivity contribution in [1.29, 1.82) is 0 Å². The summed E-state index contributed by atoms with van der Waals surface area (Å²) in [6.07, 6.45) is 0.678. The van der Waals surface area contributed by atoms with Crippen LogP contribution in [0.1, 0.15) is 37.4 Å². The van der Waals surface area contributed by atoms with E-state index in [1.165, 1.54) is 4.90 Å². The van der Waals surface area contributed by atoms with E-state index in [1.54, 1.807) is 24.3 Å². The number of Topliss-reactive ketones (excluding diaryl/α,β-unsaturated/α-hetero) is 1. The molecular formula is C26H31ClN2O5. The molecule has 1 fully saturated rings. The number of ether oxygens (including phenoxy) is 2. The zero-order valence-electron chi connectivity index (χ0n) is 20.0. The number of benzene rings is 2. The van der Waals surface area contributed by atoms with Gasteiger partial charge in [0, 0.05) is 12.1 Å². The van der Waals surface area contributed by atoms with Gasteiger partial charge < -0.3 is 24.4 Å². The quantitative estimate of drug-likeness (QED) is 0.302. The first-order chi connectivity index (χ1) is 16.3. The Kier molecular flexibility index (Phi) is 8.58. The van der Waals surface area contributed by atoms with Gasteiger partial charge in [-0.25, -0.2) is 0 Å². The number of halogens is 1. The van der Waals surface area contributed by atoms with E-state index < -0.39 is 17.7 Å². The predicted molar refractivity (Wildman–Crippen MR) is 132 cm³/mol. The fourth-order valence-electron chi connectivity index (χ4n) is 4.03. The summed E-state index contributed by atoms with van der Waals surface area (Å²) in [4.78, 5) is 29.8. The third kappa shape index (κ3) is 5.54. The monoisotopic (exact) mass is 486 g/mol. The maximum atomic E-state index is 13.2. The molecule has 2 aromatic carbocycles. The lowest BCUT2D eigenvalue weighted by Gasteiger charge is -2.26. The van der Waals surface area contributed by atoms with Crippen molar-refractivity contribution >= 4 is 29.1 Å². The first-order valence-corrected chi connectivity index (χ1v) is 11.7. The third-order valence-corrected chi connectivity index (χ3v) is 5.85. The Bertz CT molecular complexity index is 1080. The molecule has 0 aromatic heterocycles. The van der Waals surface area contributed by atoms with Gasteiger partial charge in [-0.05, 0) is 76.8 Å². The van der Waals surface area contributed by atoms with Gasteiger partial charge in [0.05, 0.1) is 29.9 Å². The maximum absolute atomic E-state index is 13.2. The summed E-state index contributed by atoms with van der Waals surface area (Å²) in [5, 5.41) is 11.7. The van der Waals surface area contributed by atoms with E-state index in [2.05, 4.69) is 0 Å². The first-order valence-electron chi connectivity index (χ1n) is 11.4. The van der Waals surface area contributed by atoms with Crippen molar-refractivity contribution in [2.75, 3.05) is 40.4 Å². The van der Waals surface area contributed by atoms with Gasteiger partial charge in [-0.2, -0.15) is 0 Å². The second-order valence-corrected chi connectivity index (χ2v) is 8.64. The highest BCUT2D eigenvalue weighted by Gasteiger charge is 2.46. The third-order valence-electron chi connectivity index (χ3n) is 5.53. The van der Waals surface area contributed by atoms with Gasteiger partial charge in [-0.3, -0.25) is 9.59 Å². The lowest BCUT2D eigenvalue weighted by atomic mass is 9.95. The normalized spacial score (nSPS) is 17.5. The maximum Gasteiger partial charge on any atom is 0.295 e. The van der Waals surface area contributed by atoms with Crippen molar-refractivity contribution in [3.63, 3.8) is 0 Å². The van der Waals surface area contributed by atoms with Crippen LogP contribution in [0.5, 0.6) is 11.5 Å². The highest BCUT2D eigenvalue weighted by Crippen LogP contribution is 2.41. The van der Waals surface area contributed by atoms with E-state index >= 15 is 0 Å². The van der Waals surface area contributed by atoms with Crippen LogP contribution < -0.4 is 9.47 Å². The summed E-state index contributed by atoms with van der Waals surface area (Å²) >= 11 is 6.20. The number of rotatable bonds is 10. The highest BCUT2D eigenvalue weighted by molar-refractivity contribution is 6.46. The SMILES string of the molecule is CCOc1cccc(C2/C(=C(/O)c3ccc(Cl)c(OCC)c3)C(=O)C(=O)N2CCCN(C)C)c1. The Labute approximate surface area is 205 Å². The molecule has 34 heavy (non-hydrogen) atoms. The molecule has 7 nitrogen and oxygen atoms in total. The molecule has 3 rings (SSSR count). The van der Waals surface area contributed by atoms with Crippen molar-refractivity contribution in [1.82, 2.24) is 9.80 Å². The van der Waals surface area contributed by atoms with Gasteiger partial charge in [-0.15, -0.1) is 0 Å². The molecule has 0 radical (unpaired) electrons. The Hall–Kier alpha value is -3.03. The minimum absolute atomic E-state index is 0.0354. The number of carbonyl (C=O) groups is 2. The fourth-order valence-corrected chi connectivity index (χ4v) is 4.20. The average Bonchev–Trinajstić information content (AvgIpc) is 3.05. The number of nitrogens with zero attached hydrogens (tertiary/aromatic N) is 2. The molecule has 1 amide bonds. The number of ketones is 1. The summed E-state index contributed by atoms with van der Waals surface area (Å²) in [7, 11) is 3.90. The molecule has 0 bridgehead atoms. The van der Waals surface area contributed by atoms with Crippen molar-refractivity contribution in [2.45, 2.75) is 26.3 Å². The largest absolute Gasteiger partial charge is 0.507 e. The lowest BCUT2D eigenvalue weighted by Crippen LogP contribution is -2.32. The van der Waals surface area contributed by atoms with Crippen LogP contribution in [0, 0.1) is 0 Å². The van der Waals surface area contributed by atoms with Crippen LogP contribution in [0.25, 0.3) is 5.76 Å². The van der Waals surface area contributed by atoms with E-state index in [-0.39, 0.29) is 11.3 Å². The van der Waals surface area contributed by atoms with Gasteiger partial charge in [0.25, 0.3) is 11.7 Å². The molecule has 1 atom stereocenters. The smallest absolute Gasteiger partial charge is 0.295 e. The number of hydrogen-bond donors (Lipinski definition) is 1. The molecule has 0 aliphatic carbocycles. The Morgan fingerprint density at radius 2 is 1.82 bits per heavy atom. The molecule has 1 saturated heterocycles. The highest BCUT2D eigenvalue weighted by atomic mass is 35.5. The number of amides is 1. The first kappa shape index (κ1) is 25.6. The molecule has 182 valence electrons. The average molecular weight is 487 g/mol.